The van der Waals surface area contributed by atoms with E-state index in [4.69, 9.17) is 11.6 Å². The minimum absolute atomic E-state index is 0.295. The van der Waals surface area contributed by atoms with Crippen molar-refractivity contribution in [3.05, 3.63) is 11.1 Å². The van der Waals surface area contributed by atoms with Gasteiger partial charge < -0.3 is 0 Å². The van der Waals surface area contributed by atoms with Crippen molar-refractivity contribution in [1.82, 2.24) is 0 Å². The van der Waals surface area contributed by atoms with Crippen LogP contribution in [-0.4, -0.2) is 0 Å². The van der Waals surface area contributed by atoms with Crippen LogP contribution in [0.3, 0.4) is 0 Å². The van der Waals surface area contributed by atoms with E-state index in [0.717, 1.165) is 12.8 Å². The molecule has 0 aromatic carbocycles. The molecule has 0 bridgehead atoms. The van der Waals surface area contributed by atoms with E-state index >= 15 is 0 Å². The van der Waals surface area contributed by atoms with Crippen molar-refractivity contribution in [2.75, 3.05) is 0 Å². The smallest absolute Gasteiger partial charge is 0.172 e. The zero-order valence-corrected chi connectivity index (χ0v) is 6.01. The fourth-order valence-electron chi connectivity index (χ4n) is 0.426. The number of halogens is 3. The van der Waals surface area contributed by atoms with Crippen molar-refractivity contribution in [3.63, 3.8) is 0 Å². The Kier molecular flexibility index (Phi) is 4.68. The molecule has 0 heterocycles. The zero-order valence-electron chi connectivity index (χ0n) is 5.26. The maximum atomic E-state index is 11.5. The van der Waals surface area contributed by atoms with Crippen LogP contribution >= 0.6 is 11.6 Å². The third-order valence-corrected chi connectivity index (χ3v) is 1.29. The van der Waals surface area contributed by atoms with Crippen LogP contribution < -0.4 is 0 Å². The van der Waals surface area contributed by atoms with Gasteiger partial charge in [0.05, 0.1) is 5.03 Å². The standard InChI is InChI=1S/C6H9ClF2/c1-2-3-4-5(7)6(8)9/h2-4H2,1H3. The van der Waals surface area contributed by atoms with Crippen LogP contribution in [-0.2, 0) is 0 Å². The van der Waals surface area contributed by atoms with Crippen LogP contribution in [0.4, 0.5) is 8.78 Å². The summed E-state index contributed by atoms with van der Waals surface area (Å²) in [4.78, 5) is 0. The highest BCUT2D eigenvalue weighted by molar-refractivity contribution is 6.29. The lowest BCUT2D eigenvalue weighted by atomic mass is 10.2. The zero-order chi connectivity index (χ0) is 7.28. The van der Waals surface area contributed by atoms with Crippen molar-refractivity contribution in [1.29, 1.82) is 0 Å². The fraction of sp³-hybridized carbons (Fsp3) is 0.667. The van der Waals surface area contributed by atoms with E-state index in [1.165, 1.54) is 0 Å². The monoisotopic (exact) mass is 154 g/mol. The molecule has 9 heavy (non-hydrogen) atoms. The maximum Gasteiger partial charge on any atom is 0.284 e. The lowest BCUT2D eigenvalue weighted by Crippen LogP contribution is -1.74. The first kappa shape index (κ1) is 8.89. The number of hydrogen-bond donors (Lipinski definition) is 0. The van der Waals surface area contributed by atoms with Gasteiger partial charge in [-0.05, 0) is 12.8 Å². The normalized spacial score (nSPS) is 9.33. The van der Waals surface area contributed by atoms with E-state index in [-0.39, 0.29) is 5.03 Å². The van der Waals surface area contributed by atoms with Gasteiger partial charge in [-0.25, -0.2) is 0 Å². The van der Waals surface area contributed by atoms with Gasteiger partial charge in [0.2, 0.25) is 0 Å². The molecular weight excluding hydrogens is 146 g/mol. The Hall–Kier alpha value is -0.110. The molecule has 0 aliphatic rings. The summed E-state index contributed by atoms with van der Waals surface area (Å²) in [6.07, 6.45) is 0.185. The second-order valence-electron chi connectivity index (χ2n) is 1.77. The van der Waals surface area contributed by atoms with E-state index in [1.807, 2.05) is 6.92 Å². The molecule has 0 amide bonds. The van der Waals surface area contributed by atoms with Gasteiger partial charge in [-0.1, -0.05) is 24.9 Å². The first-order valence-corrected chi connectivity index (χ1v) is 3.26. The van der Waals surface area contributed by atoms with Crippen LogP contribution in [0.25, 0.3) is 0 Å². The molecule has 0 saturated carbocycles. The summed E-state index contributed by atoms with van der Waals surface area (Å²) in [5.74, 6) is 0. The Morgan fingerprint density at radius 2 is 2.00 bits per heavy atom. The van der Waals surface area contributed by atoms with Crippen molar-refractivity contribution in [3.8, 4) is 0 Å². The second kappa shape index (κ2) is 4.74. The van der Waals surface area contributed by atoms with Crippen molar-refractivity contribution >= 4 is 11.6 Å². The highest BCUT2D eigenvalue weighted by atomic mass is 35.5. The molecule has 0 aliphatic heterocycles. The Balaban J connectivity index is 3.50. The topological polar surface area (TPSA) is 0 Å². The Morgan fingerprint density at radius 1 is 1.44 bits per heavy atom. The van der Waals surface area contributed by atoms with E-state index in [2.05, 4.69) is 0 Å². The van der Waals surface area contributed by atoms with Crippen molar-refractivity contribution in [2.24, 2.45) is 0 Å². The van der Waals surface area contributed by atoms with Gasteiger partial charge in [0, 0.05) is 0 Å². The largest absolute Gasteiger partial charge is 0.284 e. The Bertz CT molecular complexity index is 106. The second-order valence-corrected chi connectivity index (χ2v) is 2.23. The predicted molar refractivity (Wildman–Crippen MR) is 34.6 cm³/mol. The summed E-state index contributed by atoms with van der Waals surface area (Å²) in [5, 5.41) is -0.295. The summed E-state index contributed by atoms with van der Waals surface area (Å²) >= 11 is 5.12. The molecule has 0 aromatic rings. The van der Waals surface area contributed by atoms with Crippen LogP contribution in [0.5, 0.6) is 0 Å². The van der Waals surface area contributed by atoms with Gasteiger partial charge in [-0.2, -0.15) is 8.78 Å². The number of allylic oxidation sites excluding steroid dienone is 1. The molecule has 0 fully saturated rings. The molecule has 0 radical (unpaired) electrons. The third-order valence-electron chi connectivity index (χ3n) is 0.955. The molecule has 0 aliphatic carbocycles. The molecule has 0 aromatic heterocycles. The summed E-state index contributed by atoms with van der Waals surface area (Å²) in [7, 11) is 0. The molecule has 0 spiro atoms. The molecule has 0 nitrogen and oxygen atoms in total. The number of unbranched alkanes of at least 4 members (excludes halogenated alkanes) is 1. The van der Waals surface area contributed by atoms with E-state index in [9.17, 15) is 8.78 Å². The minimum atomic E-state index is -1.75. The van der Waals surface area contributed by atoms with E-state index < -0.39 is 6.08 Å². The summed E-state index contributed by atoms with van der Waals surface area (Å²) in [5.41, 5.74) is 0. The predicted octanol–water partition coefficient (Wildman–Crippen LogP) is 3.52. The molecule has 0 rings (SSSR count). The fourth-order valence-corrected chi connectivity index (χ4v) is 0.560. The van der Waals surface area contributed by atoms with Crippen LogP contribution in [0.15, 0.2) is 11.1 Å². The molecular formula is C6H9ClF2. The Labute approximate surface area is 58.5 Å². The van der Waals surface area contributed by atoms with Gasteiger partial charge in [0.25, 0.3) is 6.08 Å². The highest BCUT2D eigenvalue weighted by Gasteiger charge is 1.99. The van der Waals surface area contributed by atoms with Crippen LogP contribution in [0, 0.1) is 0 Å². The molecule has 0 saturated heterocycles. The SMILES string of the molecule is CCCCC(Cl)=C(F)F. The summed E-state index contributed by atoms with van der Waals surface area (Å²) in [6, 6.07) is 0. The first-order valence-electron chi connectivity index (χ1n) is 2.88. The van der Waals surface area contributed by atoms with Gasteiger partial charge in [0.1, 0.15) is 0 Å². The lowest BCUT2D eigenvalue weighted by molar-refractivity contribution is 0.413. The summed E-state index contributed by atoms with van der Waals surface area (Å²) in [6.45, 7) is 1.93. The number of rotatable bonds is 3. The average molecular weight is 155 g/mol. The van der Waals surface area contributed by atoms with Gasteiger partial charge in [0.15, 0.2) is 0 Å². The van der Waals surface area contributed by atoms with E-state index in [0.29, 0.717) is 6.42 Å². The van der Waals surface area contributed by atoms with E-state index in [1.54, 1.807) is 0 Å². The Morgan fingerprint density at radius 3 is 2.33 bits per heavy atom. The number of hydrogen-bond acceptors (Lipinski definition) is 0. The van der Waals surface area contributed by atoms with Crippen molar-refractivity contribution < 1.29 is 8.78 Å². The molecule has 54 valence electrons. The van der Waals surface area contributed by atoms with Gasteiger partial charge in [-0.15, -0.1) is 0 Å². The van der Waals surface area contributed by atoms with Gasteiger partial charge in [-0.3, -0.25) is 0 Å². The maximum absolute atomic E-state index is 11.5. The third kappa shape index (κ3) is 4.40. The molecule has 3 heteroatoms. The van der Waals surface area contributed by atoms with Crippen LogP contribution in [0.2, 0.25) is 0 Å². The van der Waals surface area contributed by atoms with Crippen molar-refractivity contribution in [2.45, 2.75) is 26.2 Å². The minimum Gasteiger partial charge on any atom is -0.172 e. The highest BCUT2D eigenvalue weighted by Crippen LogP contribution is 2.18. The average Bonchev–Trinajstić information content (AvgIpc) is 1.82. The molecule has 0 unspecified atom stereocenters. The quantitative estimate of drug-likeness (QED) is 0.584. The lowest BCUT2D eigenvalue weighted by Gasteiger charge is -1.92. The first-order chi connectivity index (χ1) is 4.18. The summed E-state index contributed by atoms with van der Waals surface area (Å²) < 4.78 is 23.0. The molecule has 0 N–H and O–H groups in total. The van der Waals surface area contributed by atoms with Crippen LogP contribution in [0.1, 0.15) is 26.2 Å². The van der Waals surface area contributed by atoms with Gasteiger partial charge >= 0.3 is 0 Å². The molecule has 0 atom stereocenters.